The minimum Gasteiger partial charge on any atom is -0.435 e. The van der Waals surface area contributed by atoms with Gasteiger partial charge in [-0.1, -0.05) is 26.3 Å². The van der Waals surface area contributed by atoms with Gasteiger partial charge in [-0.3, -0.25) is 4.79 Å². The number of carbonyl (C=O) groups is 1. The van der Waals surface area contributed by atoms with Crippen molar-refractivity contribution in [3.05, 3.63) is 26.0 Å². The predicted octanol–water partition coefficient (Wildman–Crippen LogP) is 3.06. The molecule has 2 nitrogen and oxygen atoms in total. The van der Waals surface area contributed by atoms with Gasteiger partial charge >= 0.3 is 5.97 Å². The SMILES string of the molecule is C=C.C=COC(=O)CCCCC. The van der Waals surface area contributed by atoms with Crippen molar-refractivity contribution in [2.75, 3.05) is 0 Å². The lowest BCUT2D eigenvalue weighted by atomic mass is 10.2. The second-order valence-corrected chi connectivity index (χ2v) is 2.11. The van der Waals surface area contributed by atoms with Crippen molar-refractivity contribution in [1.82, 2.24) is 0 Å². The van der Waals surface area contributed by atoms with Gasteiger partial charge in [-0.05, 0) is 6.42 Å². The maximum atomic E-state index is 10.6. The Morgan fingerprint density at radius 2 is 2.00 bits per heavy atom. The summed E-state index contributed by atoms with van der Waals surface area (Å²) in [5, 5.41) is 0. The van der Waals surface area contributed by atoms with Gasteiger partial charge in [0.15, 0.2) is 0 Å². The summed E-state index contributed by atoms with van der Waals surface area (Å²) in [5.74, 6) is -0.177. The van der Waals surface area contributed by atoms with Crippen LogP contribution in [-0.2, 0) is 9.53 Å². The largest absolute Gasteiger partial charge is 0.435 e. The average Bonchev–Trinajstić information content (AvgIpc) is 2.09. The Morgan fingerprint density at radius 3 is 2.42 bits per heavy atom. The maximum absolute atomic E-state index is 10.6. The molecule has 0 aliphatic heterocycles. The van der Waals surface area contributed by atoms with Crippen molar-refractivity contribution in [3.8, 4) is 0 Å². The lowest BCUT2D eigenvalue weighted by molar-refractivity contribution is -0.138. The first kappa shape index (κ1) is 13.5. The van der Waals surface area contributed by atoms with Crippen LogP contribution in [0.5, 0.6) is 0 Å². The Labute approximate surface area is 74.9 Å². The van der Waals surface area contributed by atoms with E-state index in [1.165, 1.54) is 6.26 Å². The molecule has 0 N–H and O–H groups in total. The molecule has 0 aromatic heterocycles. The van der Waals surface area contributed by atoms with E-state index < -0.39 is 0 Å². The van der Waals surface area contributed by atoms with E-state index in [2.05, 4.69) is 31.4 Å². The molecule has 0 fully saturated rings. The van der Waals surface area contributed by atoms with E-state index in [9.17, 15) is 4.79 Å². The molecule has 0 aliphatic carbocycles. The van der Waals surface area contributed by atoms with Gasteiger partial charge in [0.05, 0.1) is 6.26 Å². The molecule has 0 aliphatic rings. The van der Waals surface area contributed by atoms with Gasteiger partial charge in [-0.2, -0.15) is 0 Å². The Hall–Kier alpha value is -1.05. The number of esters is 1. The quantitative estimate of drug-likeness (QED) is 0.274. The first-order chi connectivity index (χ1) is 5.81. The van der Waals surface area contributed by atoms with Crippen LogP contribution < -0.4 is 0 Å². The molecule has 0 aromatic rings. The van der Waals surface area contributed by atoms with Gasteiger partial charge in [-0.25, -0.2) is 0 Å². The van der Waals surface area contributed by atoms with Gasteiger partial charge in [0, 0.05) is 6.42 Å². The molecule has 0 saturated carbocycles. The van der Waals surface area contributed by atoms with Crippen LogP contribution in [0.15, 0.2) is 26.0 Å². The molecule has 0 heterocycles. The summed E-state index contributed by atoms with van der Waals surface area (Å²) < 4.78 is 4.51. The molecule has 0 aromatic carbocycles. The Kier molecular flexibility index (Phi) is 14.2. The third kappa shape index (κ3) is 11.7. The standard InChI is InChI=1S/C8H14O2.C2H4/c1-3-5-6-7-8(9)10-4-2;1-2/h4H,2-3,5-7H2,1H3;1-2H2. The van der Waals surface area contributed by atoms with Crippen molar-refractivity contribution in [2.45, 2.75) is 32.6 Å². The van der Waals surface area contributed by atoms with Crippen molar-refractivity contribution >= 4 is 5.97 Å². The Balaban J connectivity index is 0. The van der Waals surface area contributed by atoms with Gasteiger partial charge in [0.1, 0.15) is 0 Å². The van der Waals surface area contributed by atoms with E-state index in [1.54, 1.807) is 0 Å². The lowest BCUT2D eigenvalue weighted by Crippen LogP contribution is -1.97. The zero-order valence-electron chi connectivity index (χ0n) is 7.84. The van der Waals surface area contributed by atoms with Crippen molar-refractivity contribution in [3.63, 3.8) is 0 Å². The molecule has 12 heavy (non-hydrogen) atoms. The molecule has 0 saturated heterocycles. The average molecular weight is 170 g/mol. The van der Waals surface area contributed by atoms with E-state index >= 15 is 0 Å². The lowest BCUT2D eigenvalue weighted by Gasteiger charge is -1.96. The molecule has 2 heteroatoms. The van der Waals surface area contributed by atoms with Gasteiger partial charge in [0.25, 0.3) is 0 Å². The minimum atomic E-state index is -0.177. The second kappa shape index (κ2) is 12.6. The number of rotatable bonds is 5. The van der Waals surface area contributed by atoms with Gasteiger partial charge in [0.2, 0.25) is 0 Å². The fraction of sp³-hybridized carbons (Fsp3) is 0.500. The highest BCUT2D eigenvalue weighted by Crippen LogP contribution is 1.99. The molecule has 0 rings (SSSR count). The van der Waals surface area contributed by atoms with E-state index in [4.69, 9.17) is 0 Å². The highest BCUT2D eigenvalue weighted by atomic mass is 16.5. The predicted molar refractivity (Wildman–Crippen MR) is 51.7 cm³/mol. The minimum absolute atomic E-state index is 0.177. The highest BCUT2D eigenvalue weighted by molar-refractivity contribution is 5.69. The van der Waals surface area contributed by atoms with Crippen molar-refractivity contribution < 1.29 is 9.53 Å². The van der Waals surface area contributed by atoms with E-state index in [0.29, 0.717) is 6.42 Å². The summed E-state index contributed by atoms with van der Waals surface area (Å²) in [6.45, 7) is 11.4. The van der Waals surface area contributed by atoms with Crippen LogP contribution in [0.25, 0.3) is 0 Å². The normalized spacial score (nSPS) is 7.75. The van der Waals surface area contributed by atoms with Crippen LogP contribution in [0.4, 0.5) is 0 Å². The molecular formula is C10H18O2. The Morgan fingerprint density at radius 1 is 1.42 bits per heavy atom. The molecule has 0 bridgehead atoms. The number of hydrogen-bond acceptors (Lipinski definition) is 2. The van der Waals surface area contributed by atoms with E-state index in [0.717, 1.165) is 19.3 Å². The molecule has 70 valence electrons. The summed E-state index contributed by atoms with van der Waals surface area (Å²) in [6, 6.07) is 0. The summed E-state index contributed by atoms with van der Waals surface area (Å²) in [5.41, 5.74) is 0. The molecule has 0 spiro atoms. The summed E-state index contributed by atoms with van der Waals surface area (Å²) in [7, 11) is 0. The van der Waals surface area contributed by atoms with Crippen molar-refractivity contribution in [2.24, 2.45) is 0 Å². The van der Waals surface area contributed by atoms with Crippen LogP contribution in [0.1, 0.15) is 32.6 Å². The number of carbonyl (C=O) groups excluding carboxylic acids is 1. The van der Waals surface area contributed by atoms with Crippen LogP contribution in [0, 0.1) is 0 Å². The molecule has 0 atom stereocenters. The number of ether oxygens (including phenoxy) is 1. The summed E-state index contributed by atoms with van der Waals surface area (Å²) in [4.78, 5) is 10.6. The summed E-state index contributed by atoms with van der Waals surface area (Å²) in [6.07, 6.45) is 4.82. The summed E-state index contributed by atoms with van der Waals surface area (Å²) >= 11 is 0. The smallest absolute Gasteiger partial charge is 0.310 e. The molecule has 0 unspecified atom stereocenters. The zero-order valence-corrected chi connectivity index (χ0v) is 7.84. The van der Waals surface area contributed by atoms with Crippen molar-refractivity contribution in [1.29, 1.82) is 0 Å². The van der Waals surface area contributed by atoms with E-state index in [1.807, 2.05) is 0 Å². The topological polar surface area (TPSA) is 26.3 Å². The highest BCUT2D eigenvalue weighted by Gasteiger charge is 1.97. The van der Waals surface area contributed by atoms with E-state index in [-0.39, 0.29) is 5.97 Å². The van der Waals surface area contributed by atoms with Crippen LogP contribution >= 0.6 is 0 Å². The second-order valence-electron chi connectivity index (χ2n) is 2.11. The number of unbranched alkanes of at least 4 members (excludes halogenated alkanes) is 2. The third-order valence-electron chi connectivity index (χ3n) is 1.20. The number of hydrogen-bond donors (Lipinski definition) is 0. The zero-order chi connectivity index (χ0) is 9.82. The molecule has 0 amide bonds. The first-order valence-corrected chi connectivity index (χ1v) is 4.11. The molecule has 0 radical (unpaired) electrons. The third-order valence-corrected chi connectivity index (χ3v) is 1.20. The van der Waals surface area contributed by atoms with Crippen LogP contribution in [-0.4, -0.2) is 5.97 Å². The fourth-order valence-corrected chi connectivity index (χ4v) is 0.671. The first-order valence-electron chi connectivity index (χ1n) is 4.11. The van der Waals surface area contributed by atoms with Crippen LogP contribution in [0.3, 0.4) is 0 Å². The van der Waals surface area contributed by atoms with Gasteiger partial charge in [-0.15, -0.1) is 13.2 Å². The van der Waals surface area contributed by atoms with Crippen LogP contribution in [0.2, 0.25) is 0 Å². The Bertz CT molecular complexity index is 119. The maximum Gasteiger partial charge on any atom is 0.310 e. The van der Waals surface area contributed by atoms with Gasteiger partial charge < -0.3 is 4.74 Å². The monoisotopic (exact) mass is 170 g/mol. The molecular weight excluding hydrogens is 152 g/mol. The fourth-order valence-electron chi connectivity index (χ4n) is 0.671.